The molecule has 0 bridgehead atoms. The van der Waals surface area contributed by atoms with Crippen molar-refractivity contribution in [1.29, 1.82) is 0 Å². The van der Waals surface area contributed by atoms with Gasteiger partial charge >= 0.3 is 0 Å². The molecule has 0 saturated carbocycles. The van der Waals surface area contributed by atoms with E-state index >= 15 is 0 Å². The maximum Gasteiger partial charge on any atom is 0.258 e. The van der Waals surface area contributed by atoms with Crippen molar-refractivity contribution >= 4 is 39.7 Å². The van der Waals surface area contributed by atoms with E-state index in [2.05, 4.69) is 9.97 Å². The first-order valence-electron chi connectivity index (χ1n) is 7.85. The maximum absolute atomic E-state index is 12.2. The first-order valence-corrected chi connectivity index (χ1v) is 10.3. The average Bonchev–Trinajstić information content (AvgIpc) is 3.23. The van der Waals surface area contributed by atoms with E-state index < -0.39 is 0 Å². The molecule has 132 valence electrons. The molecule has 0 unspecified atom stereocenters. The second-order valence-corrected chi connectivity index (χ2v) is 7.96. The smallest absolute Gasteiger partial charge is 0.258 e. The molecular formula is C18H14ClN3O2S2. The summed E-state index contributed by atoms with van der Waals surface area (Å²) in [6.45, 7) is 1.90. The predicted octanol–water partition coefficient (Wildman–Crippen LogP) is 4.81. The van der Waals surface area contributed by atoms with Crippen LogP contribution in [0.3, 0.4) is 0 Å². The molecule has 26 heavy (non-hydrogen) atoms. The van der Waals surface area contributed by atoms with Gasteiger partial charge in [0.2, 0.25) is 5.89 Å². The zero-order chi connectivity index (χ0) is 18.1. The van der Waals surface area contributed by atoms with E-state index in [1.165, 1.54) is 11.3 Å². The molecule has 0 aliphatic rings. The summed E-state index contributed by atoms with van der Waals surface area (Å²) in [4.78, 5) is 21.8. The van der Waals surface area contributed by atoms with Crippen molar-refractivity contribution in [1.82, 2.24) is 14.4 Å². The molecule has 5 nitrogen and oxygen atoms in total. The van der Waals surface area contributed by atoms with Gasteiger partial charge < -0.3 is 4.42 Å². The lowest BCUT2D eigenvalue weighted by atomic mass is 10.2. The Bertz CT molecular complexity index is 1120. The minimum Gasteiger partial charge on any atom is -0.440 e. The number of fused-ring (bicyclic) bond motifs is 1. The third kappa shape index (κ3) is 3.56. The molecule has 3 heterocycles. The number of rotatable bonds is 5. The lowest BCUT2D eigenvalue weighted by molar-refractivity contribution is 0.530. The summed E-state index contributed by atoms with van der Waals surface area (Å²) in [5.74, 6) is 2.59. The molecule has 0 spiro atoms. The van der Waals surface area contributed by atoms with Crippen molar-refractivity contribution in [3.05, 3.63) is 74.6 Å². The van der Waals surface area contributed by atoms with Crippen LogP contribution in [-0.2, 0) is 11.5 Å². The summed E-state index contributed by atoms with van der Waals surface area (Å²) in [7, 11) is 0. The van der Waals surface area contributed by atoms with Crippen molar-refractivity contribution < 1.29 is 4.42 Å². The number of benzene rings is 1. The number of halogens is 1. The van der Waals surface area contributed by atoms with Crippen molar-refractivity contribution in [2.45, 2.75) is 18.4 Å². The highest BCUT2D eigenvalue weighted by molar-refractivity contribution is 7.97. The Morgan fingerprint density at radius 1 is 1.27 bits per heavy atom. The standard InChI is InChI=1S/C18H14ClN3O2S2/c1-11-8-26-18-21-14(6-17(23)22(11)18)9-25-10-16-20-7-15(24-16)12-2-4-13(19)5-3-12/h2-8H,9-10H2,1H3. The van der Waals surface area contributed by atoms with Gasteiger partial charge in [-0.05, 0) is 31.2 Å². The number of oxazole rings is 1. The number of thioether (sulfide) groups is 1. The third-order valence-electron chi connectivity index (χ3n) is 3.79. The minimum absolute atomic E-state index is 0.0366. The highest BCUT2D eigenvalue weighted by Gasteiger charge is 2.09. The van der Waals surface area contributed by atoms with Crippen molar-refractivity contribution in [3.63, 3.8) is 0 Å². The summed E-state index contributed by atoms with van der Waals surface area (Å²) in [6, 6.07) is 9.03. The molecule has 0 atom stereocenters. The van der Waals surface area contributed by atoms with E-state index in [1.807, 2.05) is 36.6 Å². The van der Waals surface area contributed by atoms with Crippen LogP contribution in [0.2, 0.25) is 5.02 Å². The van der Waals surface area contributed by atoms with Gasteiger partial charge in [0.1, 0.15) is 0 Å². The maximum atomic E-state index is 12.2. The molecular weight excluding hydrogens is 390 g/mol. The Labute approximate surface area is 162 Å². The largest absolute Gasteiger partial charge is 0.440 e. The Morgan fingerprint density at radius 3 is 2.88 bits per heavy atom. The zero-order valence-electron chi connectivity index (χ0n) is 13.8. The molecule has 0 saturated heterocycles. The van der Waals surface area contributed by atoms with E-state index in [0.717, 1.165) is 21.9 Å². The van der Waals surface area contributed by atoms with Crippen LogP contribution in [0.4, 0.5) is 0 Å². The molecule has 8 heteroatoms. The van der Waals surface area contributed by atoms with Crippen LogP contribution in [0.1, 0.15) is 17.3 Å². The highest BCUT2D eigenvalue weighted by atomic mass is 35.5. The minimum atomic E-state index is -0.0366. The predicted molar refractivity (Wildman–Crippen MR) is 106 cm³/mol. The van der Waals surface area contributed by atoms with E-state index in [-0.39, 0.29) is 5.56 Å². The van der Waals surface area contributed by atoms with Crippen LogP contribution in [0, 0.1) is 6.92 Å². The number of hydrogen-bond acceptors (Lipinski definition) is 6. The Hall–Kier alpha value is -2.09. The number of aromatic nitrogens is 3. The van der Waals surface area contributed by atoms with Gasteiger partial charge in [-0.1, -0.05) is 11.6 Å². The van der Waals surface area contributed by atoms with Crippen LogP contribution >= 0.6 is 34.7 Å². The lowest BCUT2D eigenvalue weighted by Gasteiger charge is -2.01. The summed E-state index contributed by atoms with van der Waals surface area (Å²) < 4.78 is 7.42. The lowest BCUT2D eigenvalue weighted by Crippen LogP contribution is -2.14. The monoisotopic (exact) mass is 403 g/mol. The number of nitrogens with zero attached hydrogens (tertiary/aromatic N) is 3. The fraction of sp³-hybridized carbons (Fsp3) is 0.167. The highest BCUT2D eigenvalue weighted by Crippen LogP contribution is 2.24. The Balaban J connectivity index is 1.42. The molecule has 0 aliphatic carbocycles. The van der Waals surface area contributed by atoms with Crippen LogP contribution in [0.15, 0.2) is 51.1 Å². The number of aryl methyl sites for hydroxylation is 1. The molecule has 0 radical (unpaired) electrons. The average molecular weight is 404 g/mol. The van der Waals surface area contributed by atoms with Crippen molar-refractivity contribution in [2.24, 2.45) is 0 Å². The zero-order valence-corrected chi connectivity index (χ0v) is 16.2. The first-order chi connectivity index (χ1) is 12.6. The summed E-state index contributed by atoms with van der Waals surface area (Å²) in [5.41, 5.74) is 2.58. The van der Waals surface area contributed by atoms with Crippen LogP contribution in [0.5, 0.6) is 0 Å². The summed E-state index contributed by atoms with van der Waals surface area (Å²) in [5, 5.41) is 2.62. The fourth-order valence-corrected chi connectivity index (χ4v) is 4.33. The molecule has 0 fully saturated rings. The summed E-state index contributed by atoms with van der Waals surface area (Å²) >= 11 is 8.99. The van der Waals surface area contributed by atoms with Crippen molar-refractivity contribution in [3.8, 4) is 11.3 Å². The topological polar surface area (TPSA) is 60.4 Å². The Kier molecular flexibility index (Phi) is 4.84. The molecule has 0 N–H and O–H groups in total. The van der Waals surface area contributed by atoms with Crippen LogP contribution < -0.4 is 5.56 Å². The van der Waals surface area contributed by atoms with Gasteiger partial charge in [-0.3, -0.25) is 9.20 Å². The molecule has 1 aromatic carbocycles. The van der Waals surface area contributed by atoms with Gasteiger partial charge in [0.15, 0.2) is 10.7 Å². The van der Waals surface area contributed by atoms with Gasteiger partial charge in [0, 0.05) is 33.5 Å². The number of hydrogen-bond donors (Lipinski definition) is 0. The van der Waals surface area contributed by atoms with Gasteiger partial charge in [0.05, 0.1) is 17.6 Å². The third-order valence-corrected chi connectivity index (χ3v) is 5.93. The quantitative estimate of drug-likeness (QED) is 0.478. The van der Waals surface area contributed by atoms with E-state index in [1.54, 1.807) is 28.4 Å². The molecule has 0 amide bonds. The SMILES string of the molecule is Cc1csc2nc(CSCc3ncc(-c4ccc(Cl)cc4)o3)cc(=O)n12. The van der Waals surface area contributed by atoms with Gasteiger partial charge in [-0.25, -0.2) is 9.97 Å². The van der Waals surface area contributed by atoms with E-state index in [4.69, 9.17) is 16.0 Å². The number of thiazole rings is 1. The van der Waals surface area contributed by atoms with Crippen LogP contribution in [0.25, 0.3) is 16.3 Å². The van der Waals surface area contributed by atoms with E-state index in [0.29, 0.717) is 28.2 Å². The molecule has 4 rings (SSSR count). The fourth-order valence-electron chi connectivity index (χ4n) is 2.54. The Morgan fingerprint density at radius 2 is 2.08 bits per heavy atom. The van der Waals surface area contributed by atoms with Crippen LogP contribution in [-0.4, -0.2) is 14.4 Å². The normalized spacial score (nSPS) is 11.3. The second-order valence-electron chi connectivity index (χ2n) is 5.70. The van der Waals surface area contributed by atoms with Gasteiger partial charge in [0.25, 0.3) is 5.56 Å². The van der Waals surface area contributed by atoms with E-state index in [9.17, 15) is 4.79 Å². The molecule has 4 aromatic rings. The second kappa shape index (κ2) is 7.26. The van der Waals surface area contributed by atoms with Gasteiger partial charge in [-0.2, -0.15) is 0 Å². The first kappa shape index (κ1) is 17.3. The van der Waals surface area contributed by atoms with Crippen molar-refractivity contribution in [2.75, 3.05) is 0 Å². The molecule has 3 aromatic heterocycles. The summed E-state index contributed by atoms with van der Waals surface area (Å²) in [6.07, 6.45) is 1.71. The molecule has 0 aliphatic heterocycles. The van der Waals surface area contributed by atoms with Gasteiger partial charge in [-0.15, -0.1) is 23.1 Å².